The molecule has 1 aromatic carbocycles. The Kier molecular flexibility index (Phi) is 9.11. The van der Waals surface area contributed by atoms with E-state index in [4.69, 9.17) is 9.84 Å². The van der Waals surface area contributed by atoms with Gasteiger partial charge in [-0.1, -0.05) is 50.7 Å². The third-order valence-corrected chi connectivity index (χ3v) is 9.45. The molecule has 4 rings (SSSR count). The molecule has 2 saturated carbocycles. The maximum Gasteiger partial charge on any atom is 0.349 e. The Morgan fingerprint density at radius 3 is 2.11 bits per heavy atom. The lowest BCUT2D eigenvalue weighted by Gasteiger charge is -2.35. The summed E-state index contributed by atoms with van der Waals surface area (Å²) in [6, 6.07) is 8.32. The number of thiophene rings is 1. The highest BCUT2D eigenvalue weighted by Crippen LogP contribution is 2.46. The molecule has 2 N–H and O–H groups in total. The van der Waals surface area contributed by atoms with E-state index in [0.29, 0.717) is 4.47 Å². The van der Waals surface area contributed by atoms with Crippen LogP contribution < -0.4 is 9.64 Å². The number of hydrogen-bond donors (Lipinski definition) is 2. The molecule has 2 fully saturated rings. The minimum absolute atomic E-state index is 0.000189. The van der Waals surface area contributed by atoms with Crippen LogP contribution in [-0.4, -0.2) is 41.8 Å². The van der Waals surface area contributed by atoms with Crippen molar-refractivity contribution in [2.24, 2.45) is 11.8 Å². The molecule has 2 aliphatic rings. The standard InChI is InChI=1S/C27H34BrNO5S/c28-23-24(34-17-22(30)31)26(27(32)33)35-25(23)20-12-7-13-21(14-20)29(15-18-8-3-1-4-9-18)16-19-10-5-2-6-11-19/h7,12-14,18-19H,1-6,8-11,15-17H2,(H,30,31)(H,32,33). The molecule has 190 valence electrons. The fourth-order valence-electron chi connectivity index (χ4n) is 5.48. The van der Waals surface area contributed by atoms with Gasteiger partial charge in [-0.25, -0.2) is 9.59 Å². The highest BCUT2D eigenvalue weighted by Gasteiger charge is 2.26. The van der Waals surface area contributed by atoms with Crippen LogP contribution in [0.25, 0.3) is 10.4 Å². The molecule has 0 amide bonds. The monoisotopic (exact) mass is 563 g/mol. The van der Waals surface area contributed by atoms with Crippen molar-refractivity contribution in [2.45, 2.75) is 64.2 Å². The van der Waals surface area contributed by atoms with Crippen molar-refractivity contribution in [2.75, 3.05) is 24.6 Å². The molecule has 1 aromatic heterocycles. The number of anilines is 1. The van der Waals surface area contributed by atoms with E-state index >= 15 is 0 Å². The Hall–Kier alpha value is -2.06. The minimum atomic E-state index is -1.15. The van der Waals surface area contributed by atoms with Crippen LogP contribution in [0, 0.1) is 11.8 Å². The largest absolute Gasteiger partial charge is 0.479 e. The number of carboxylic acid groups (broad SMARTS) is 2. The molecular weight excluding hydrogens is 530 g/mol. The van der Waals surface area contributed by atoms with E-state index in [1.807, 2.05) is 12.1 Å². The van der Waals surface area contributed by atoms with E-state index in [2.05, 4.69) is 33.0 Å². The van der Waals surface area contributed by atoms with Gasteiger partial charge < -0.3 is 19.8 Å². The first-order valence-corrected chi connectivity index (χ1v) is 14.3. The van der Waals surface area contributed by atoms with E-state index in [-0.39, 0.29) is 10.6 Å². The lowest BCUT2D eigenvalue weighted by molar-refractivity contribution is -0.139. The number of hydrogen-bond acceptors (Lipinski definition) is 5. The Balaban J connectivity index is 1.63. The maximum atomic E-state index is 11.8. The Labute approximate surface area is 219 Å². The van der Waals surface area contributed by atoms with Gasteiger partial charge in [-0.15, -0.1) is 11.3 Å². The van der Waals surface area contributed by atoms with Gasteiger partial charge in [0.1, 0.15) is 0 Å². The lowest BCUT2D eigenvalue weighted by Crippen LogP contribution is -2.35. The molecule has 0 bridgehead atoms. The second-order valence-electron chi connectivity index (χ2n) is 9.85. The highest BCUT2D eigenvalue weighted by atomic mass is 79.9. The predicted molar refractivity (Wildman–Crippen MR) is 143 cm³/mol. The topological polar surface area (TPSA) is 87.1 Å². The van der Waals surface area contributed by atoms with E-state index < -0.39 is 18.5 Å². The summed E-state index contributed by atoms with van der Waals surface area (Å²) in [5.74, 6) is -0.761. The van der Waals surface area contributed by atoms with Crippen LogP contribution in [0.4, 0.5) is 5.69 Å². The van der Waals surface area contributed by atoms with Crippen molar-refractivity contribution in [1.29, 1.82) is 0 Å². The van der Waals surface area contributed by atoms with E-state index in [0.717, 1.165) is 46.7 Å². The zero-order valence-corrected chi connectivity index (χ0v) is 22.4. The third kappa shape index (κ3) is 6.79. The van der Waals surface area contributed by atoms with Gasteiger partial charge in [-0.05, 0) is 71.1 Å². The number of aliphatic carboxylic acids is 1. The highest BCUT2D eigenvalue weighted by molar-refractivity contribution is 9.10. The molecule has 0 aliphatic heterocycles. The number of nitrogens with zero attached hydrogens (tertiary/aromatic N) is 1. The van der Waals surface area contributed by atoms with E-state index in [1.165, 1.54) is 69.9 Å². The fraction of sp³-hybridized carbons (Fsp3) is 0.556. The van der Waals surface area contributed by atoms with Gasteiger partial charge >= 0.3 is 11.9 Å². The maximum absolute atomic E-state index is 11.8. The van der Waals surface area contributed by atoms with Crippen LogP contribution in [0.5, 0.6) is 5.75 Å². The second kappa shape index (κ2) is 12.3. The molecule has 35 heavy (non-hydrogen) atoms. The molecule has 6 nitrogen and oxygen atoms in total. The zero-order chi connectivity index (χ0) is 24.8. The second-order valence-corrected chi connectivity index (χ2v) is 11.7. The van der Waals surface area contributed by atoms with Crippen LogP contribution >= 0.6 is 27.3 Å². The van der Waals surface area contributed by atoms with Crippen molar-refractivity contribution in [3.63, 3.8) is 0 Å². The van der Waals surface area contributed by atoms with Crippen LogP contribution in [0.2, 0.25) is 0 Å². The quantitative estimate of drug-likeness (QED) is 0.315. The molecule has 2 aromatic rings. The molecule has 0 saturated heterocycles. The van der Waals surface area contributed by atoms with Crippen molar-refractivity contribution in [3.8, 4) is 16.2 Å². The normalized spacial score (nSPS) is 17.3. The van der Waals surface area contributed by atoms with Crippen LogP contribution in [0.15, 0.2) is 28.7 Å². The first kappa shape index (κ1) is 26.0. The van der Waals surface area contributed by atoms with Crippen molar-refractivity contribution < 1.29 is 24.5 Å². The minimum Gasteiger partial charge on any atom is -0.479 e. The summed E-state index contributed by atoms with van der Waals surface area (Å²) in [5, 5.41) is 18.7. The Bertz CT molecular complexity index is 1010. The SMILES string of the molecule is O=C(O)COc1c(C(=O)O)sc(-c2cccc(N(CC3CCCCC3)CC3CCCCC3)c2)c1Br. The Morgan fingerprint density at radius 1 is 0.971 bits per heavy atom. The van der Waals surface area contributed by atoms with Gasteiger partial charge in [-0.3, -0.25) is 0 Å². The van der Waals surface area contributed by atoms with Crippen LogP contribution in [0.1, 0.15) is 73.9 Å². The number of benzene rings is 1. The lowest BCUT2D eigenvalue weighted by atomic mass is 9.86. The molecule has 0 spiro atoms. The summed E-state index contributed by atoms with van der Waals surface area (Å²) in [6.07, 6.45) is 13.2. The first-order valence-electron chi connectivity index (χ1n) is 12.7. The van der Waals surface area contributed by atoms with Gasteiger partial charge in [-0.2, -0.15) is 0 Å². The fourth-order valence-corrected chi connectivity index (χ4v) is 7.37. The number of carbonyl (C=O) groups is 2. The van der Waals surface area contributed by atoms with E-state index in [9.17, 15) is 14.7 Å². The molecule has 8 heteroatoms. The average Bonchev–Trinajstić information content (AvgIpc) is 3.20. The summed E-state index contributed by atoms with van der Waals surface area (Å²) < 4.78 is 5.83. The van der Waals surface area contributed by atoms with Gasteiger partial charge in [0.25, 0.3) is 0 Å². The van der Waals surface area contributed by atoms with Gasteiger partial charge in [0, 0.05) is 18.8 Å². The van der Waals surface area contributed by atoms with Gasteiger partial charge in [0.15, 0.2) is 17.2 Å². The van der Waals surface area contributed by atoms with Gasteiger partial charge in [0.2, 0.25) is 0 Å². The summed E-state index contributed by atoms with van der Waals surface area (Å²) >= 11 is 4.60. The van der Waals surface area contributed by atoms with Gasteiger partial charge in [0.05, 0.1) is 9.35 Å². The molecule has 2 aliphatic carbocycles. The molecule has 0 unspecified atom stereocenters. The summed E-state index contributed by atoms with van der Waals surface area (Å²) in [7, 11) is 0. The molecule has 0 radical (unpaired) electrons. The summed E-state index contributed by atoms with van der Waals surface area (Å²) in [5.41, 5.74) is 2.08. The molecule has 1 heterocycles. The molecule has 0 atom stereocenters. The van der Waals surface area contributed by atoms with Crippen LogP contribution in [0.3, 0.4) is 0 Å². The van der Waals surface area contributed by atoms with Crippen molar-refractivity contribution in [1.82, 2.24) is 0 Å². The Morgan fingerprint density at radius 2 is 1.57 bits per heavy atom. The third-order valence-electron chi connectivity index (χ3n) is 7.22. The number of ether oxygens (including phenoxy) is 1. The number of halogens is 1. The van der Waals surface area contributed by atoms with Crippen molar-refractivity contribution in [3.05, 3.63) is 33.6 Å². The average molecular weight is 565 g/mol. The van der Waals surface area contributed by atoms with E-state index in [1.54, 1.807) is 0 Å². The zero-order valence-electron chi connectivity index (χ0n) is 20.0. The number of aromatic carboxylic acids is 1. The predicted octanol–water partition coefficient (Wildman–Crippen LogP) is 7.31. The number of carboxylic acids is 2. The number of rotatable bonds is 10. The summed E-state index contributed by atoms with van der Waals surface area (Å²) in [6.45, 7) is 1.55. The molecular formula is C27H34BrNO5S. The van der Waals surface area contributed by atoms with Crippen molar-refractivity contribution >= 4 is 44.9 Å². The summed E-state index contributed by atoms with van der Waals surface area (Å²) in [4.78, 5) is 26.1. The van der Waals surface area contributed by atoms with Crippen LogP contribution in [-0.2, 0) is 4.79 Å². The smallest absolute Gasteiger partial charge is 0.349 e. The first-order chi connectivity index (χ1) is 16.9.